The maximum Gasteiger partial charge on any atom is 0.354 e. The molecule has 34 heavy (non-hydrogen) atoms. The van der Waals surface area contributed by atoms with Gasteiger partial charge in [0.2, 0.25) is 0 Å². The highest BCUT2D eigenvalue weighted by molar-refractivity contribution is 6.03. The molecule has 0 aliphatic carbocycles. The van der Waals surface area contributed by atoms with E-state index in [9.17, 15) is 10.0 Å². The Balaban J connectivity index is 1.54. The highest BCUT2D eigenvalue weighted by Gasteiger charge is 2.13. The zero-order valence-electron chi connectivity index (χ0n) is 19.1. The number of nitrogens with zero attached hydrogens (tertiary/aromatic N) is 3. The number of carboxylic acid groups (broad SMARTS) is 1. The lowest BCUT2D eigenvalue weighted by molar-refractivity contribution is 0.0690. The first-order valence-corrected chi connectivity index (χ1v) is 11.0. The molecule has 170 valence electrons. The molecule has 0 aliphatic rings. The number of pyridine rings is 2. The van der Waals surface area contributed by atoms with Crippen LogP contribution in [0.4, 0.5) is 0 Å². The van der Waals surface area contributed by atoms with Gasteiger partial charge in [0.25, 0.3) is 0 Å². The van der Waals surface area contributed by atoms with Crippen LogP contribution in [0.25, 0.3) is 22.3 Å². The summed E-state index contributed by atoms with van der Waals surface area (Å²) < 4.78 is 0. The molecule has 0 atom stereocenters. The molecule has 2 aromatic carbocycles. The number of hydrogen-bond acceptors (Lipinski definition) is 5. The van der Waals surface area contributed by atoms with E-state index in [-0.39, 0.29) is 5.69 Å². The van der Waals surface area contributed by atoms with Crippen molar-refractivity contribution < 1.29 is 15.1 Å². The Hall–Kier alpha value is -4.32. The first-order chi connectivity index (χ1) is 16.5. The topological polar surface area (TPSA) is 95.7 Å². The molecule has 0 saturated heterocycles. The van der Waals surface area contributed by atoms with Gasteiger partial charge >= 0.3 is 5.97 Å². The molecule has 2 N–H and O–H groups in total. The lowest BCUT2D eigenvalue weighted by atomic mass is 9.92. The highest BCUT2D eigenvalue weighted by atomic mass is 16.4. The molecule has 0 amide bonds. The van der Waals surface area contributed by atoms with Crippen LogP contribution >= 0.6 is 0 Å². The van der Waals surface area contributed by atoms with Gasteiger partial charge < -0.3 is 10.3 Å². The minimum atomic E-state index is -1.05. The van der Waals surface area contributed by atoms with Crippen LogP contribution in [-0.4, -0.2) is 32.0 Å². The van der Waals surface area contributed by atoms with Gasteiger partial charge in [-0.1, -0.05) is 53.7 Å². The molecule has 2 aromatic heterocycles. The van der Waals surface area contributed by atoms with E-state index in [2.05, 4.69) is 27.3 Å². The quantitative estimate of drug-likeness (QED) is 0.206. The fourth-order valence-corrected chi connectivity index (χ4v) is 4.07. The van der Waals surface area contributed by atoms with Crippen molar-refractivity contribution in [1.29, 1.82) is 0 Å². The number of hydrogen-bond donors (Lipinski definition) is 2. The minimum absolute atomic E-state index is 0.0169. The molecule has 6 nitrogen and oxygen atoms in total. The normalized spacial score (nSPS) is 11.4. The SMILES string of the molecule is Cc1cc(-c2cccc(/C(CCc3cccc(-c4ccc(C(=O)O)nc4)c3)=N\O)c2C)ccn1. The molecular weight excluding hydrogens is 426 g/mol. The lowest BCUT2D eigenvalue weighted by Gasteiger charge is -2.13. The van der Waals surface area contributed by atoms with E-state index < -0.39 is 5.97 Å². The second-order valence-electron chi connectivity index (χ2n) is 8.15. The van der Waals surface area contributed by atoms with Crippen molar-refractivity contribution in [3.63, 3.8) is 0 Å². The first kappa shape index (κ1) is 22.9. The lowest BCUT2D eigenvalue weighted by Crippen LogP contribution is -2.06. The van der Waals surface area contributed by atoms with Crippen molar-refractivity contribution in [1.82, 2.24) is 9.97 Å². The molecule has 0 spiro atoms. The standard InChI is InChI=1S/C28H25N3O3/c1-18-15-22(13-14-29-18)24-7-4-8-25(19(24)2)26(31-34)11-9-20-5-3-6-21(16-20)23-10-12-27(28(32)33)30-17-23/h3-8,10,12-17,34H,9,11H2,1-2H3,(H,32,33)/b31-26-. The number of oxime groups is 1. The predicted octanol–water partition coefficient (Wildman–Crippen LogP) is 5.94. The summed E-state index contributed by atoms with van der Waals surface area (Å²) in [5.74, 6) is -1.05. The minimum Gasteiger partial charge on any atom is -0.477 e. The highest BCUT2D eigenvalue weighted by Crippen LogP contribution is 2.27. The fourth-order valence-electron chi connectivity index (χ4n) is 4.07. The number of aromatic carboxylic acids is 1. The molecule has 0 fully saturated rings. The first-order valence-electron chi connectivity index (χ1n) is 11.0. The van der Waals surface area contributed by atoms with Crippen LogP contribution in [0.1, 0.15) is 39.3 Å². The maximum absolute atomic E-state index is 11.0. The van der Waals surface area contributed by atoms with Crippen molar-refractivity contribution in [2.45, 2.75) is 26.7 Å². The van der Waals surface area contributed by atoms with Crippen molar-refractivity contribution in [2.75, 3.05) is 0 Å². The second kappa shape index (κ2) is 10.1. The van der Waals surface area contributed by atoms with Gasteiger partial charge in [-0.25, -0.2) is 9.78 Å². The Bertz CT molecular complexity index is 1360. The third-order valence-corrected chi connectivity index (χ3v) is 5.87. The van der Waals surface area contributed by atoms with E-state index in [4.69, 9.17) is 5.11 Å². The van der Waals surface area contributed by atoms with Crippen LogP contribution in [0.15, 0.2) is 84.3 Å². The van der Waals surface area contributed by atoms with E-state index in [1.807, 2.05) is 56.3 Å². The summed E-state index contributed by atoms with van der Waals surface area (Å²) in [6.45, 7) is 4.01. The number of carboxylic acids is 1. The molecule has 0 radical (unpaired) electrons. The van der Waals surface area contributed by atoms with Crippen LogP contribution in [0.5, 0.6) is 0 Å². The van der Waals surface area contributed by atoms with Crippen molar-refractivity contribution >= 4 is 11.7 Å². The van der Waals surface area contributed by atoms with Crippen LogP contribution in [-0.2, 0) is 6.42 Å². The summed E-state index contributed by atoms with van der Waals surface area (Å²) in [6.07, 6.45) is 4.62. The molecule has 0 bridgehead atoms. The van der Waals surface area contributed by atoms with E-state index >= 15 is 0 Å². The van der Waals surface area contributed by atoms with Crippen LogP contribution in [0.3, 0.4) is 0 Å². The summed E-state index contributed by atoms with van der Waals surface area (Å²) in [6, 6.07) is 21.3. The average Bonchev–Trinajstić information content (AvgIpc) is 2.85. The number of rotatable bonds is 7. The Labute approximate surface area is 198 Å². The van der Waals surface area contributed by atoms with Gasteiger partial charge in [-0.2, -0.15) is 0 Å². The van der Waals surface area contributed by atoms with E-state index in [1.165, 1.54) is 6.07 Å². The van der Waals surface area contributed by atoms with E-state index in [1.54, 1.807) is 18.5 Å². The Morgan fingerprint density at radius 1 is 0.912 bits per heavy atom. The van der Waals surface area contributed by atoms with Crippen molar-refractivity contribution in [3.8, 4) is 22.3 Å². The molecular formula is C28H25N3O3. The number of carbonyl (C=O) groups is 1. The van der Waals surface area contributed by atoms with Crippen molar-refractivity contribution in [3.05, 3.63) is 107 Å². The maximum atomic E-state index is 11.0. The van der Waals surface area contributed by atoms with Crippen LogP contribution in [0, 0.1) is 13.8 Å². The summed E-state index contributed by atoms with van der Waals surface area (Å²) >= 11 is 0. The number of aromatic nitrogens is 2. The zero-order valence-corrected chi connectivity index (χ0v) is 19.1. The summed E-state index contributed by atoms with van der Waals surface area (Å²) in [7, 11) is 0. The summed E-state index contributed by atoms with van der Waals surface area (Å²) in [5.41, 5.74) is 8.62. The molecule has 0 unspecified atom stereocenters. The third kappa shape index (κ3) is 5.02. The van der Waals surface area contributed by atoms with Gasteiger partial charge in [0, 0.05) is 29.2 Å². The van der Waals surface area contributed by atoms with Gasteiger partial charge in [0.1, 0.15) is 5.69 Å². The summed E-state index contributed by atoms with van der Waals surface area (Å²) in [5, 5.41) is 22.5. The van der Waals surface area contributed by atoms with E-state index in [0.717, 1.165) is 44.6 Å². The second-order valence-corrected chi connectivity index (χ2v) is 8.15. The Morgan fingerprint density at radius 2 is 1.74 bits per heavy atom. The van der Waals surface area contributed by atoms with Gasteiger partial charge in [0.15, 0.2) is 0 Å². The molecule has 4 rings (SSSR count). The van der Waals surface area contributed by atoms with Crippen LogP contribution < -0.4 is 0 Å². The molecule has 0 aliphatic heterocycles. The number of aryl methyl sites for hydroxylation is 2. The molecule has 2 heterocycles. The van der Waals surface area contributed by atoms with Gasteiger partial charge in [0.05, 0.1) is 5.71 Å². The predicted molar refractivity (Wildman–Crippen MR) is 132 cm³/mol. The fraction of sp³-hybridized carbons (Fsp3) is 0.143. The summed E-state index contributed by atoms with van der Waals surface area (Å²) in [4.78, 5) is 19.3. The van der Waals surface area contributed by atoms with Gasteiger partial charge in [-0.3, -0.25) is 4.98 Å². The van der Waals surface area contributed by atoms with Crippen molar-refractivity contribution in [2.24, 2.45) is 5.16 Å². The van der Waals surface area contributed by atoms with E-state index in [0.29, 0.717) is 18.6 Å². The largest absolute Gasteiger partial charge is 0.477 e. The third-order valence-electron chi connectivity index (χ3n) is 5.87. The average molecular weight is 452 g/mol. The monoisotopic (exact) mass is 451 g/mol. The van der Waals surface area contributed by atoms with Gasteiger partial charge in [-0.05, 0) is 72.7 Å². The zero-order chi connectivity index (χ0) is 24.1. The Morgan fingerprint density at radius 3 is 2.44 bits per heavy atom. The van der Waals surface area contributed by atoms with Gasteiger partial charge in [-0.15, -0.1) is 0 Å². The molecule has 6 heteroatoms. The van der Waals surface area contributed by atoms with Crippen LogP contribution in [0.2, 0.25) is 0 Å². The molecule has 0 saturated carbocycles. The smallest absolute Gasteiger partial charge is 0.354 e. The Kier molecular flexibility index (Phi) is 6.78. The molecule has 4 aromatic rings. The number of benzene rings is 2.